The molecule has 0 aliphatic rings. The molecule has 174 valence electrons. The van der Waals surface area contributed by atoms with E-state index in [4.69, 9.17) is 9.15 Å². The minimum absolute atomic E-state index is 0.310. The third-order valence-electron chi connectivity index (χ3n) is 6.21. The lowest BCUT2D eigenvalue weighted by Gasteiger charge is -2.14. The molecule has 5 heteroatoms. The van der Waals surface area contributed by atoms with E-state index in [9.17, 15) is 9.18 Å². The zero-order valence-electron chi connectivity index (χ0n) is 19.7. The first-order valence-electron chi connectivity index (χ1n) is 11.3. The molecule has 5 rings (SSSR count). The summed E-state index contributed by atoms with van der Waals surface area (Å²) < 4.78 is 24.9. The van der Waals surface area contributed by atoms with Gasteiger partial charge in [-0.3, -0.25) is 4.79 Å². The van der Waals surface area contributed by atoms with Crippen LogP contribution >= 0.6 is 0 Å². The predicted molar refractivity (Wildman–Crippen MR) is 139 cm³/mol. The Kier molecular flexibility index (Phi) is 5.83. The quantitative estimate of drug-likeness (QED) is 0.270. The molecule has 4 aromatic carbocycles. The number of anilines is 1. The standard InChI is InChI=1S/C30H24FNO3/c1-18(15-28(33)32-22-13-11-21(31)12-14-22)25-16-26-27(17-35-30(26)19(2)29(25)34-3)24-10-6-8-20-7-4-5-9-23(20)24/h4-17H,1-3H3,(H,32,33)/b18-15+. The van der Waals surface area contributed by atoms with Gasteiger partial charge in [0, 0.05) is 33.8 Å². The van der Waals surface area contributed by atoms with Gasteiger partial charge < -0.3 is 14.5 Å². The highest BCUT2D eigenvalue weighted by atomic mass is 19.1. The van der Waals surface area contributed by atoms with Gasteiger partial charge >= 0.3 is 0 Å². The number of carbonyl (C=O) groups is 1. The van der Waals surface area contributed by atoms with Crippen LogP contribution in [-0.4, -0.2) is 13.0 Å². The number of benzene rings is 4. The molecule has 0 atom stereocenters. The highest BCUT2D eigenvalue weighted by Gasteiger charge is 2.19. The van der Waals surface area contributed by atoms with Crippen LogP contribution < -0.4 is 10.1 Å². The van der Waals surface area contributed by atoms with Crippen molar-refractivity contribution < 1.29 is 18.3 Å². The van der Waals surface area contributed by atoms with Crippen LogP contribution in [0.15, 0.2) is 89.6 Å². The SMILES string of the molecule is COc1c(/C(C)=C/C(=O)Nc2ccc(F)cc2)cc2c(-c3cccc4ccccc34)coc2c1C. The second kappa shape index (κ2) is 9.11. The highest BCUT2D eigenvalue weighted by Crippen LogP contribution is 2.42. The van der Waals surface area contributed by atoms with E-state index in [1.165, 1.54) is 30.3 Å². The third kappa shape index (κ3) is 4.17. The van der Waals surface area contributed by atoms with Crippen molar-refractivity contribution >= 4 is 38.9 Å². The molecule has 1 aromatic heterocycles. The van der Waals surface area contributed by atoms with Crippen molar-refractivity contribution in [3.8, 4) is 16.9 Å². The van der Waals surface area contributed by atoms with E-state index in [2.05, 4.69) is 29.6 Å². The Morgan fingerprint density at radius 3 is 2.49 bits per heavy atom. The van der Waals surface area contributed by atoms with Gasteiger partial charge in [-0.2, -0.15) is 0 Å². The molecule has 4 nitrogen and oxygen atoms in total. The van der Waals surface area contributed by atoms with Crippen LogP contribution in [-0.2, 0) is 4.79 Å². The van der Waals surface area contributed by atoms with Crippen molar-refractivity contribution in [3.63, 3.8) is 0 Å². The van der Waals surface area contributed by atoms with Gasteiger partial charge in [-0.15, -0.1) is 0 Å². The second-order valence-electron chi connectivity index (χ2n) is 8.46. The summed E-state index contributed by atoms with van der Waals surface area (Å²) in [5, 5.41) is 6.00. The van der Waals surface area contributed by atoms with E-state index in [1.54, 1.807) is 13.4 Å². The van der Waals surface area contributed by atoms with Gasteiger partial charge in [0.05, 0.1) is 13.4 Å². The van der Waals surface area contributed by atoms with Crippen LogP contribution in [0.2, 0.25) is 0 Å². The van der Waals surface area contributed by atoms with E-state index < -0.39 is 0 Å². The number of fused-ring (bicyclic) bond motifs is 2. The maximum absolute atomic E-state index is 13.2. The molecular weight excluding hydrogens is 441 g/mol. The number of furan rings is 1. The van der Waals surface area contributed by atoms with Crippen LogP contribution in [0.25, 0.3) is 38.4 Å². The summed E-state index contributed by atoms with van der Waals surface area (Å²) in [5.74, 6) is -0.0135. The van der Waals surface area contributed by atoms with Gasteiger partial charge in [-0.1, -0.05) is 42.5 Å². The van der Waals surface area contributed by atoms with Crippen LogP contribution in [0, 0.1) is 12.7 Å². The summed E-state index contributed by atoms with van der Waals surface area (Å²) in [5.41, 5.74) is 5.72. The number of hydrogen-bond acceptors (Lipinski definition) is 3. The van der Waals surface area contributed by atoms with Gasteiger partial charge in [0.1, 0.15) is 17.1 Å². The predicted octanol–water partition coefficient (Wildman–Crippen LogP) is 7.75. The van der Waals surface area contributed by atoms with Gasteiger partial charge in [0.25, 0.3) is 0 Å². The molecule has 1 amide bonds. The highest BCUT2D eigenvalue weighted by molar-refractivity contribution is 6.08. The molecule has 0 spiro atoms. The molecule has 5 aromatic rings. The first kappa shape index (κ1) is 22.4. The summed E-state index contributed by atoms with van der Waals surface area (Å²) in [7, 11) is 1.61. The van der Waals surface area contributed by atoms with Gasteiger partial charge in [-0.25, -0.2) is 4.39 Å². The molecule has 0 saturated carbocycles. The average molecular weight is 466 g/mol. The zero-order chi connectivity index (χ0) is 24.5. The number of hydrogen-bond donors (Lipinski definition) is 1. The number of amides is 1. The molecule has 1 heterocycles. The Bertz CT molecular complexity index is 1590. The van der Waals surface area contributed by atoms with Crippen LogP contribution in [0.5, 0.6) is 5.75 Å². The number of aryl methyl sites for hydroxylation is 1. The normalized spacial score (nSPS) is 11.7. The molecule has 0 aliphatic carbocycles. The number of nitrogens with one attached hydrogen (secondary N) is 1. The molecule has 1 N–H and O–H groups in total. The summed E-state index contributed by atoms with van der Waals surface area (Å²) in [4.78, 5) is 12.7. The van der Waals surface area contributed by atoms with E-state index in [0.29, 0.717) is 11.4 Å². The molecule has 0 radical (unpaired) electrons. The maximum Gasteiger partial charge on any atom is 0.248 e. The molecule has 0 saturated heterocycles. The van der Waals surface area contributed by atoms with Crippen LogP contribution in [0.4, 0.5) is 10.1 Å². The van der Waals surface area contributed by atoms with Gasteiger partial charge in [0.15, 0.2) is 0 Å². The van der Waals surface area contributed by atoms with Crippen molar-refractivity contribution in [1.82, 2.24) is 0 Å². The maximum atomic E-state index is 13.2. The molecule has 35 heavy (non-hydrogen) atoms. The number of allylic oxidation sites excluding steroid dienone is 1. The topological polar surface area (TPSA) is 51.5 Å². The Morgan fingerprint density at radius 2 is 1.71 bits per heavy atom. The van der Waals surface area contributed by atoms with E-state index in [-0.39, 0.29) is 11.7 Å². The molecule has 0 bridgehead atoms. The minimum Gasteiger partial charge on any atom is -0.496 e. The second-order valence-corrected chi connectivity index (χ2v) is 8.46. The minimum atomic E-state index is -0.356. The largest absolute Gasteiger partial charge is 0.496 e. The van der Waals surface area contributed by atoms with Crippen LogP contribution in [0.3, 0.4) is 0 Å². The lowest BCUT2D eigenvalue weighted by atomic mass is 9.94. The Balaban J connectivity index is 1.61. The molecule has 0 unspecified atom stereocenters. The summed E-state index contributed by atoms with van der Waals surface area (Å²) in [6.07, 6.45) is 3.30. The Hall–Kier alpha value is -4.38. The number of halogens is 1. The fourth-order valence-electron chi connectivity index (χ4n) is 4.53. The molecule has 0 fully saturated rings. The number of ether oxygens (including phenoxy) is 1. The summed E-state index contributed by atoms with van der Waals surface area (Å²) in [6, 6.07) is 22.1. The third-order valence-corrected chi connectivity index (χ3v) is 6.21. The first-order valence-corrected chi connectivity index (χ1v) is 11.3. The Morgan fingerprint density at radius 1 is 0.971 bits per heavy atom. The number of methoxy groups -OCH3 is 1. The smallest absolute Gasteiger partial charge is 0.248 e. The number of rotatable bonds is 5. The van der Waals surface area contributed by atoms with Crippen molar-refractivity contribution in [2.24, 2.45) is 0 Å². The number of carbonyl (C=O) groups excluding carboxylic acids is 1. The van der Waals surface area contributed by atoms with E-state index in [1.807, 2.05) is 38.1 Å². The van der Waals surface area contributed by atoms with Crippen molar-refractivity contribution in [3.05, 3.63) is 102 Å². The fourth-order valence-corrected chi connectivity index (χ4v) is 4.53. The van der Waals surface area contributed by atoms with E-state index >= 15 is 0 Å². The molecule has 0 aliphatic heterocycles. The zero-order valence-corrected chi connectivity index (χ0v) is 19.7. The lowest BCUT2D eigenvalue weighted by molar-refractivity contribution is -0.111. The van der Waals surface area contributed by atoms with Crippen LogP contribution in [0.1, 0.15) is 18.1 Å². The van der Waals surface area contributed by atoms with Crippen molar-refractivity contribution in [1.29, 1.82) is 0 Å². The summed E-state index contributed by atoms with van der Waals surface area (Å²) >= 11 is 0. The van der Waals surface area contributed by atoms with E-state index in [0.717, 1.165) is 49.6 Å². The van der Waals surface area contributed by atoms with Crippen molar-refractivity contribution in [2.75, 3.05) is 12.4 Å². The molecular formula is C30H24FNO3. The van der Waals surface area contributed by atoms with Gasteiger partial charge in [-0.05, 0) is 66.1 Å². The first-order chi connectivity index (χ1) is 17.0. The lowest BCUT2D eigenvalue weighted by Crippen LogP contribution is -2.08. The Labute approximate surface area is 202 Å². The average Bonchev–Trinajstić information content (AvgIpc) is 3.29. The van der Waals surface area contributed by atoms with Gasteiger partial charge in [0.2, 0.25) is 5.91 Å². The van der Waals surface area contributed by atoms with Crippen molar-refractivity contribution in [2.45, 2.75) is 13.8 Å². The fraction of sp³-hybridized carbons (Fsp3) is 0.100. The summed E-state index contributed by atoms with van der Waals surface area (Å²) in [6.45, 7) is 3.82. The monoisotopic (exact) mass is 465 g/mol.